The van der Waals surface area contributed by atoms with Gasteiger partial charge >= 0.3 is 5.97 Å². The third-order valence-corrected chi connectivity index (χ3v) is 4.50. The number of carbonyl (C=O) groups excluding carboxylic acids is 1. The quantitative estimate of drug-likeness (QED) is 0.383. The van der Waals surface area contributed by atoms with E-state index in [0.29, 0.717) is 11.5 Å². The number of rotatable bonds is 6. The lowest BCUT2D eigenvalue weighted by Gasteiger charge is -2.09. The molecule has 0 aliphatic rings. The minimum atomic E-state index is -0.779. The van der Waals surface area contributed by atoms with Crippen molar-refractivity contribution < 1.29 is 19.0 Å². The van der Waals surface area contributed by atoms with Crippen molar-refractivity contribution in [1.82, 2.24) is 4.98 Å². The Morgan fingerprint density at radius 3 is 2.21 bits per heavy atom. The molecule has 2 aromatic rings. The summed E-state index contributed by atoms with van der Waals surface area (Å²) in [4.78, 5) is 15.8. The zero-order valence-corrected chi connectivity index (χ0v) is 15.3. The second kappa shape index (κ2) is 8.62. The fourth-order valence-corrected chi connectivity index (χ4v) is 2.46. The lowest BCUT2D eigenvalue weighted by molar-refractivity contribution is 0.0444. The average molecular weight is 411 g/mol. The zero-order valence-electron chi connectivity index (χ0n) is 12.3. The van der Waals surface area contributed by atoms with Crippen LogP contribution in [-0.4, -0.2) is 31.3 Å². The van der Waals surface area contributed by atoms with Crippen LogP contribution in [0.3, 0.4) is 0 Å². The Kier molecular flexibility index (Phi) is 6.80. The van der Waals surface area contributed by atoms with E-state index in [2.05, 4.69) is 4.98 Å². The summed E-state index contributed by atoms with van der Waals surface area (Å²) in [5.41, 5.74) is -0.208. The van der Waals surface area contributed by atoms with E-state index >= 15 is 0 Å². The number of pyridine rings is 1. The van der Waals surface area contributed by atoms with Crippen LogP contribution in [0.25, 0.3) is 0 Å². The molecule has 5 nitrogen and oxygen atoms in total. The van der Waals surface area contributed by atoms with Crippen LogP contribution in [0.15, 0.2) is 24.3 Å². The van der Waals surface area contributed by atoms with Crippen LogP contribution < -0.4 is 9.47 Å². The van der Waals surface area contributed by atoms with Gasteiger partial charge in [0, 0.05) is 0 Å². The SMILES string of the molecule is COc1ccc(OCCOC(=O)c2nc(Cl)c(Cl)c(Cl)c2Cl)cc1. The molecule has 0 atom stereocenters. The van der Waals surface area contributed by atoms with Crippen LogP contribution in [0, 0.1) is 0 Å². The molecule has 1 heterocycles. The number of esters is 1. The van der Waals surface area contributed by atoms with Gasteiger partial charge in [-0.15, -0.1) is 0 Å². The minimum Gasteiger partial charge on any atom is -0.497 e. The summed E-state index contributed by atoms with van der Waals surface area (Å²) in [5, 5.41) is -0.331. The maximum Gasteiger partial charge on any atom is 0.358 e. The summed E-state index contributed by atoms with van der Waals surface area (Å²) in [6, 6.07) is 6.97. The molecule has 0 fully saturated rings. The summed E-state index contributed by atoms with van der Waals surface area (Å²) in [6.07, 6.45) is 0. The van der Waals surface area contributed by atoms with Crippen LogP contribution in [-0.2, 0) is 4.74 Å². The Hall–Kier alpha value is -1.40. The van der Waals surface area contributed by atoms with Crippen molar-refractivity contribution >= 4 is 52.4 Å². The Bertz CT molecular complexity index is 737. The standard InChI is InChI=1S/C15H11Cl4NO4/c1-22-8-2-4-9(5-3-8)23-6-7-24-15(21)13-11(17)10(16)12(18)14(19)20-13/h2-5H,6-7H2,1H3. The maximum absolute atomic E-state index is 12.0. The Labute approximate surface area is 158 Å². The Morgan fingerprint density at radius 1 is 0.958 bits per heavy atom. The summed E-state index contributed by atoms with van der Waals surface area (Å²) in [6.45, 7) is 0.130. The molecule has 0 unspecified atom stereocenters. The second-order valence-corrected chi connectivity index (χ2v) is 5.84. The molecule has 0 saturated carbocycles. The number of methoxy groups -OCH3 is 1. The van der Waals surface area contributed by atoms with Gasteiger partial charge in [-0.1, -0.05) is 46.4 Å². The van der Waals surface area contributed by atoms with Crippen molar-refractivity contribution in [2.75, 3.05) is 20.3 Å². The molecular formula is C15H11Cl4NO4. The fraction of sp³-hybridized carbons (Fsp3) is 0.200. The third-order valence-electron chi connectivity index (χ3n) is 2.82. The predicted octanol–water partition coefficient (Wildman–Crippen LogP) is 4.94. The maximum atomic E-state index is 12.0. The second-order valence-electron chi connectivity index (χ2n) is 4.35. The molecule has 128 valence electrons. The first-order valence-corrected chi connectivity index (χ1v) is 8.09. The van der Waals surface area contributed by atoms with E-state index < -0.39 is 5.97 Å². The number of ether oxygens (including phenoxy) is 3. The van der Waals surface area contributed by atoms with E-state index in [4.69, 9.17) is 60.6 Å². The van der Waals surface area contributed by atoms with Gasteiger partial charge in [0.1, 0.15) is 29.9 Å². The summed E-state index contributed by atoms with van der Waals surface area (Å²) in [7, 11) is 1.57. The minimum absolute atomic E-state index is 0.0132. The Morgan fingerprint density at radius 2 is 1.58 bits per heavy atom. The van der Waals surface area contributed by atoms with Gasteiger partial charge in [-0.3, -0.25) is 0 Å². The van der Waals surface area contributed by atoms with Crippen molar-refractivity contribution in [3.63, 3.8) is 0 Å². The van der Waals surface area contributed by atoms with Crippen LogP contribution in [0.2, 0.25) is 20.2 Å². The third kappa shape index (κ3) is 4.57. The van der Waals surface area contributed by atoms with E-state index in [1.165, 1.54) is 0 Å². The molecule has 0 N–H and O–H groups in total. The number of benzene rings is 1. The first-order valence-electron chi connectivity index (χ1n) is 6.58. The monoisotopic (exact) mass is 409 g/mol. The number of aromatic nitrogens is 1. The average Bonchev–Trinajstić information content (AvgIpc) is 2.60. The highest BCUT2D eigenvalue weighted by molar-refractivity contribution is 6.52. The van der Waals surface area contributed by atoms with Gasteiger partial charge in [-0.2, -0.15) is 0 Å². The van der Waals surface area contributed by atoms with Gasteiger partial charge < -0.3 is 14.2 Å². The highest BCUT2D eigenvalue weighted by Gasteiger charge is 2.21. The number of nitrogens with zero attached hydrogens (tertiary/aromatic N) is 1. The van der Waals surface area contributed by atoms with Gasteiger partial charge in [0.05, 0.1) is 22.2 Å². The van der Waals surface area contributed by atoms with Gasteiger partial charge in [-0.05, 0) is 24.3 Å². The first-order chi connectivity index (χ1) is 11.4. The molecule has 0 amide bonds. The molecule has 0 saturated heterocycles. The summed E-state index contributed by atoms with van der Waals surface area (Å²) >= 11 is 23.3. The predicted molar refractivity (Wildman–Crippen MR) is 93.0 cm³/mol. The number of hydrogen-bond acceptors (Lipinski definition) is 5. The lowest BCUT2D eigenvalue weighted by atomic mass is 10.3. The van der Waals surface area contributed by atoms with E-state index in [-0.39, 0.29) is 39.1 Å². The van der Waals surface area contributed by atoms with Crippen molar-refractivity contribution in [2.24, 2.45) is 0 Å². The zero-order chi connectivity index (χ0) is 17.7. The molecule has 0 bridgehead atoms. The van der Waals surface area contributed by atoms with Gasteiger partial charge in [-0.25, -0.2) is 9.78 Å². The fourth-order valence-electron chi connectivity index (χ4n) is 1.66. The van der Waals surface area contributed by atoms with Crippen LogP contribution in [0.5, 0.6) is 11.5 Å². The molecule has 24 heavy (non-hydrogen) atoms. The van der Waals surface area contributed by atoms with E-state index in [1.54, 1.807) is 31.4 Å². The van der Waals surface area contributed by atoms with E-state index in [0.717, 1.165) is 0 Å². The highest BCUT2D eigenvalue weighted by atomic mass is 35.5. The molecule has 0 spiro atoms. The highest BCUT2D eigenvalue weighted by Crippen LogP contribution is 2.36. The van der Waals surface area contributed by atoms with Gasteiger partial charge in [0.15, 0.2) is 5.69 Å². The van der Waals surface area contributed by atoms with E-state index in [9.17, 15) is 4.79 Å². The molecule has 1 aromatic heterocycles. The molecule has 1 aromatic carbocycles. The van der Waals surface area contributed by atoms with Crippen LogP contribution in [0.4, 0.5) is 0 Å². The van der Waals surface area contributed by atoms with Crippen LogP contribution in [0.1, 0.15) is 10.5 Å². The molecule has 2 rings (SSSR count). The summed E-state index contributed by atoms with van der Waals surface area (Å²) in [5.74, 6) is 0.547. The van der Waals surface area contributed by atoms with Gasteiger partial charge in [0.2, 0.25) is 0 Å². The van der Waals surface area contributed by atoms with Crippen molar-refractivity contribution in [3.8, 4) is 11.5 Å². The first kappa shape index (κ1) is 18.9. The molecule has 0 radical (unpaired) electrons. The van der Waals surface area contributed by atoms with Gasteiger partial charge in [0.25, 0.3) is 0 Å². The number of halogens is 4. The molecule has 0 aliphatic heterocycles. The Balaban J connectivity index is 1.89. The normalized spacial score (nSPS) is 10.4. The number of hydrogen-bond donors (Lipinski definition) is 0. The summed E-state index contributed by atoms with van der Waals surface area (Å²) < 4.78 is 15.5. The molecule has 0 aliphatic carbocycles. The lowest BCUT2D eigenvalue weighted by Crippen LogP contribution is -2.14. The molecule has 9 heteroatoms. The van der Waals surface area contributed by atoms with Crippen molar-refractivity contribution in [1.29, 1.82) is 0 Å². The molecular weight excluding hydrogens is 400 g/mol. The van der Waals surface area contributed by atoms with Crippen molar-refractivity contribution in [3.05, 3.63) is 50.2 Å². The number of carbonyl (C=O) groups is 1. The van der Waals surface area contributed by atoms with Crippen LogP contribution >= 0.6 is 46.4 Å². The van der Waals surface area contributed by atoms with E-state index in [1.807, 2.05) is 0 Å². The largest absolute Gasteiger partial charge is 0.497 e. The van der Waals surface area contributed by atoms with Crippen molar-refractivity contribution in [2.45, 2.75) is 0 Å². The topological polar surface area (TPSA) is 57.7 Å². The smallest absolute Gasteiger partial charge is 0.358 e.